The van der Waals surface area contributed by atoms with Crippen molar-refractivity contribution in [3.63, 3.8) is 0 Å². The molecule has 0 aliphatic carbocycles. The Morgan fingerprint density at radius 1 is 1.25 bits per heavy atom. The second-order valence-electron chi connectivity index (χ2n) is 2.87. The smallest absolute Gasteiger partial charge is 0.522 e. The van der Waals surface area contributed by atoms with Crippen LogP contribution in [-0.4, -0.2) is 15.6 Å². The molecular formula is C10H15AlO. The highest BCUT2D eigenvalue weighted by atomic mass is 27.1. The summed E-state index contributed by atoms with van der Waals surface area (Å²) in [5.74, 6) is 1.04. The average Bonchev–Trinajstić information content (AvgIpc) is 2.14. The third-order valence-corrected chi connectivity index (χ3v) is 3.09. The van der Waals surface area contributed by atoms with Gasteiger partial charge in [0.15, 0.2) is 0 Å². The van der Waals surface area contributed by atoms with Gasteiger partial charge in [-0.1, -0.05) is 43.2 Å². The van der Waals surface area contributed by atoms with Gasteiger partial charge in [-0.05, 0) is 12.1 Å². The third kappa shape index (κ3) is 3.80. The number of unbranched alkanes of at least 4 members (excludes halogenated alkanes) is 1. The molecule has 0 N–H and O–H groups in total. The fourth-order valence-electron chi connectivity index (χ4n) is 1.06. The molecule has 0 saturated carbocycles. The molecule has 64 valence electrons. The molecule has 0 radical (unpaired) electrons. The second kappa shape index (κ2) is 6.11. The van der Waals surface area contributed by atoms with Gasteiger partial charge in [-0.15, -0.1) is 0 Å². The first-order valence-corrected chi connectivity index (χ1v) is 6.19. The van der Waals surface area contributed by atoms with Crippen LogP contribution in [0.4, 0.5) is 0 Å². The molecule has 0 aromatic heterocycles. The summed E-state index contributed by atoms with van der Waals surface area (Å²) in [6.45, 7) is 2.22. The minimum atomic E-state index is -0.298. The normalized spacial score (nSPS) is 9.42. The van der Waals surface area contributed by atoms with Gasteiger partial charge in [0, 0.05) is 0 Å². The molecule has 0 atom stereocenters. The Labute approximate surface area is 80.8 Å². The fourth-order valence-corrected chi connectivity index (χ4v) is 2.34. The molecule has 0 spiro atoms. The van der Waals surface area contributed by atoms with E-state index in [1.54, 1.807) is 0 Å². The van der Waals surface area contributed by atoms with Gasteiger partial charge in [0.2, 0.25) is 0 Å². The summed E-state index contributed by atoms with van der Waals surface area (Å²) < 4.78 is 5.65. The molecular weight excluding hydrogens is 163 g/mol. The fraction of sp³-hybridized carbons (Fsp3) is 0.400. The van der Waals surface area contributed by atoms with Gasteiger partial charge in [-0.3, -0.25) is 0 Å². The number of benzene rings is 1. The Hall–Kier alpha value is -0.448. The standard InChI is InChI=1S/C6H6O.C4H9.Al.H/c7-6-4-2-1-3-5-6;1-3-4-2;;/h1-5,7H;1,3-4H2,2H3;;/q;;+1;/p-1. The van der Waals surface area contributed by atoms with E-state index in [2.05, 4.69) is 6.92 Å². The van der Waals surface area contributed by atoms with Crippen LogP contribution in [-0.2, 0) is 0 Å². The van der Waals surface area contributed by atoms with Gasteiger partial charge < -0.3 is 3.79 Å². The van der Waals surface area contributed by atoms with Crippen LogP contribution in [0.15, 0.2) is 30.3 Å². The Balaban J connectivity index is 2.16. The number of rotatable bonds is 5. The van der Waals surface area contributed by atoms with Crippen LogP contribution >= 0.6 is 0 Å². The van der Waals surface area contributed by atoms with E-state index >= 15 is 0 Å². The maximum atomic E-state index is 5.65. The Kier molecular flexibility index (Phi) is 4.91. The topological polar surface area (TPSA) is 9.23 Å². The highest BCUT2D eigenvalue weighted by molar-refractivity contribution is 6.28. The van der Waals surface area contributed by atoms with E-state index in [4.69, 9.17) is 3.79 Å². The summed E-state index contributed by atoms with van der Waals surface area (Å²) in [7, 11) is 0. The number of hydrogen-bond donors (Lipinski definition) is 0. The molecule has 0 aliphatic heterocycles. The van der Waals surface area contributed by atoms with E-state index in [1.165, 1.54) is 18.1 Å². The molecule has 0 amide bonds. The van der Waals surface area contributed by atoms with E-state index in [0.29, 0.717) is 0 Å². The summed E-state index contributed by atoms with van der Waals surface area (Å²) in [5.41, 5.74) is 0. The lowest BCUT2D eigenvalue weighted by Crippen LogP contribution is -2.00. The zero-order valence-electron chi connectivity index (χ0n) is 7.62. The van der Waals surface area contributed by atoms with Gasteiger partial charge in [-0.2, -0.15) is 0 Å². The van der Waals surface area contributed by atoms with E-state index in [0.717, 1.165) is 5.75 Å². The van der Waals surface area contributed by atoms with Gasteiger partial charge in [-0.25, -0.2) is 0 Å². The van der Waals surface area contributed by atoms with Crippen molar-refractivity contribution in [3.05, 3.63) is 30.3 Å². The van der Waals surface area contributed by atoms with Gasteiger partial charge in [0.1, 0.15) is 0 Å². The average molecular weight is 178 g/mol. The maximum Gasteiger partial charge on any atom is 0.522 e. The molecule has 1 aromatic carbocycles. The van der Waals surface area contributed by atoms with E-state index < -0.39 is 0 Å². The lowest BCUT2D eigenvalue weighted by Gasteiger charge is -2.04. The van der Waals surface area contributed by atoms with Gasteiger partial charge in [0.05, 0.1) is 5.75 Å². The van der Waals surface area contributed by atoms with Crippen molar-refractivity contribution in [3.8, 4) is 5.75 Å². The Morgan fingerprint density at radius 2 is 2.00 bits per heavy atom. The van der Waals surface area contributed by atoms with Crippen molar-refractivity contribution in [1.29, 1.82) is 0 Å². The summed E-state index contributed by atoms with van der Waals surface area (Å²) in [6.07, 6.45) is 2.60. The molecule has 0 fully saturated rings. The van der Waals surface area contributed by atoms with Crippen molar-refractivity contribution >= 4 is 15.6 Å². The molecule has 1 nitrogen and oxygen atoms in total. The van der Waals surface area contributed by atoms with Crippen LogP contribution in [0.3, 0.4) is 0 Å². The molecule has 2 heteroatoms. The molecule has 0 saturated heterocycles. The predicted octanol–water partition coefficient (Wildman–Crippen LogP) is 2.64. The summed E-state index contributed by atoms with van der Waals surface area (Å²) in [5, 5.41) is 1.30. The quantitative estimate of drug-likeness (QED) is 0.497. The molecule has 12 heavy (non-hydrogen) atoms. The molecule has 1 rings (SSSR count). The highest BCUT2D eigenvalue weighted by Crippen LogP contribution is 2.08. The van der Waals surface area contributed by atoms with Crippen LogP contribution in [0.2, 0.25) is 5.28 Å². The molecule has 0 bridgehead atoms. The van der Waals surface area contributed by atoms with E-state index in [1.807, 2.05) is 30.3 Å². The lowest BCUT2D eigenvalue weighted by atomic mass is 10.3. The summed E-state index contributed by atoms with van der Waals surface area (Å²) in [4.78, 5) is 0. The first-order valence-electron chi connectivity index (χ1n) is 4.61. The Morgan fingerprint density at radius 3 is 2.67 bits per heavy atom. The number of para-hydroxylation sites is 1. The monoisotopic (exact) mass is 178 g/mol. The van der Waals surface area contributed by atoms with E-state index in [9.17, 15) is 0 Å². The Bertz CT molecular complexity index is 198. The first kappa shape index (κ1) is 9.64. The SMILES string of the molecule is CCC[CH2][AlH][O]c1ccccc1. The maximum absolute atomic E-state index is 5.65. The van der Waals surface area contributed by atoms with Crippen LogP contribution in [0.5, 0.6) is 5.75 Å². The van der Waals surface area contributed by atoms with Crippen LogP contribution in [0, 0.1) is 0 Å². The predicted molar refractivity (Wildman–Crippen MR) is 53.9 cm³/mol. The zero-order chi connectivity index (χ0) is 8.65. The lowest BCUT2D eigenvalue weighted by molar-refractivity contribution is 0.588. The van der Waals surface area contributed by atoms with Crippen LogP contribution in [0.25, 0.3) is 0 Å². The van der Waals surface area contributed by atoms with Crippen molar-refractivity contribution in [2.45, 2.75) is 25.0 Å². The minimum Gasteiger partial charge on any atom is -0.645 e. The van der Waals surface area contributed by atoms with Crippen LogP contribution < -0.4 is 3.79 Å². The summed E-state index contributed by atoms with van der Waals surface area (Å²) >= 11 is -0.298. The molecule has 0 aliphatic rings. The van der Waals surface area contributed by atoms with Crippen molar-refractivity contribution in [1.82, 2.24) is 0 Å². The highest BCUT2D eigenvalue weighted by Gasteiger charge is 1.96. The van der Waals surface area contributed by atoms with Gasteiger partial charge in [0.25, 0.3) is 0 Å². The van der Waals surface area contributed by atoms with Crippen molar-refractivity contribution < 1.29 is 3.79 Å². The van der Waals surface area contributed by atoms with E-state index in [-0.39, 0.29) is 15.6 Å². The molecule has 1 aromatic rings. The van der Waals surface area contributed by atoms with Crippen molar-refractivity contribution in [2.75, 3.05) is 0 Å². The molecule has 0 heterocycles. The third-order valence-electron chi connectivity index (χ3n) is 1.76. The number of hydrogen-bond acceptors (Lipinski definition) is 1. The molecule has 0 unspecified atom stereocenters. The summed E-state index contributed by atoms with van der Waals surface area (Å²) in [6, 6.07) is 10.1. The van der Waals surface area contributed by atoms with Crippen LogP contribution in [0.1, 0.15) is 19.8 Å². The largest absolute Gasteiger partial charge is 0.645 e. The van der Waals surface area contributed by atoms with Gasteiger partial charge >= 0.3 is 15.6 Å². The second-order valence-corrected chi connectivity index (χ2v) is 4.27. The first-order chi connectivity index (χ1) is 5.93. The minimum absolute atomic E-state index is 0.298. The zero-order valence-corrected chi connectivity index (χ0v) is 9.04. The van der Waals surface area contributed by atoms with Crippen molar-refractivity contribution in [2.24, 2.45) is 0 Å².